The van der Waals surface area contributed by atoms with E-state index in [2.05, 4.69) is 43.0 Å². The lowest BCUT2D eigenvalue weighted by atomic mass is 10.1. The van der Waals surface area contributed by atoms with Crippen molar-refractivity contribution < 1.29 is 13.9 Å². The van der Waals surface area contributed by atoms with Crippen LogP contribution in [0.25, 0.3) is 0 Å². The fourth-order valence-electron chi connectivity index (χ4n) is 2.42. The van der Waals surface area contributed by atoms with Gasteiger partial charge in [-0.05, 0) is 39.4 Å². The van der Waals surface area contributed by atoms with Gasteiger partial charge in [-0.15, -0.1) is 0 Å². The van der Waals surface area contributed by atoms with E-state index in [1.807, 2.05) is 7.05 Å². The lowest BCUT2D eigenvalue weighted by Crippen LogP contribution is -2.21. The number of ether oxygens (including phenoxy) is 1. The maximum Gasteiger partial charge on any atom is 0.341 e. The van der Waals surface area contributed by atoms with Crippen LogP contribution in [0.4, 0.5) is 0 Å². The number of benzene rings is 1. The zero-order chi connectivity index (χ0) is 16.3. The summed E-state index contributed by atoms with van der Waals surface area (Å²) in [5.74, 6) is 0.999. The van der Waals surface area contributed by atoms with Crippen molar-refractivity contribution in [3.63, 3.8) is 0 Å². The van der Waals surface area contributed by atoms with Gasteiger partial charge in [-0.1, -0.05) is 29.8 Å². The standard InChI is InChI=1S/C18H23NO3/c1-12-6-8-15(9-7-12)13(2)19(4)11-16-10-17(14(3)22-16)18(20)21-5/h6-10,13H,11H2,1-5H3. The monoisotopic (exact) mass is 301 g/mol. The van der Waals surface area contributed by atoms with E-state index in [0.29, 0.717) is 17.9 Å². The molecule has 0 N–H and O–H groups in total. The van der Waals surface area contributed by atoms with Gasteiger partial charge in [0.05, 0.1) is 13.7 Å². The van der Waals surface area contributed by atoms with Crippen LogP contribution in [0.2, 0.25) is 0 Å². The van der Waals surface area contributed by atoms with E-state index in [9.17, 15) is 4.79 Å². The average Bonchev–Trinajstić information content (AvgIpc) is 2.87. The number of hydrogen-bond acceptors (Lipinski definition) is 4. The Balaban J connectivity index is 2.09. The minimum Gasteiger partial charge on any atom is -0.465 e. The molecule has 118 valence electrons. The number of furan rings is 1. The summed E-state index contributed by atoms with van der Waals surface area (Å²) in [5.41, 5.74) is 3.00. The van der Waals surface area contributed by atoms with E-state index >= 15 is 0 Å². The van der Waals surface area contributed by atoms with Crippen molar-refractivity contribution in [2.24, 2.45) is 0 Å². The Kier molecular flexibility index (Phi) is 5.03. The second-order valence-electron chi connectivity index (χ2n) is 5.68. The summed E-state index contributed by atoms with van der Waals surface area (Å²) in [4.78, 5) is 13.8. The van der Waals surface area contributed by atoms with Crippen LogP contribution >= 0.6 is 0 Å². The van der Waals surface area contributed by atoms with Gasteiger partial charge in [-0.25, -0.2) is 4.79 Å². The minimum atomic E-state index is -0.360. The predicted molar refractivity (Wildman–Crippen MR) is 85.8 cm³/mol. The third-order valence-corrected chi connectivity index (χ3v) is 4.00. The van der Waals surface area contributed by atoms with Crippen LogP contribution < -0.4 is 0 Å². The van der Waals surface area contributed by atoms with Crippen LogP contribution in [0.15, 0.2) is 34.7 Å². The summed E-state index contributed by atoms with van der Waals surface area (Å²) in [6.45, 7) is 6.64. The second-order valence-corrected chi connectivity index (χ2v) is 5.68. The number of esters is 1. The number of carbonyl (C=O) groups is 1. The van der Waals surface area contributed by atoms with Crippen LogP contribution in [0.1, 0.15) is 46.0 Å². The molecule has 1 aromatic carbocycles. The molecule has 0 saturated heterocycles. The Morgan fingerprint density at radius 1 is 1.27 bits per heavy atom. The molecule has 1 unspecified atom stereocenters. The molecule has 1 atom stereocenters. The first kappa shape index (κ1) is 16.3. The molecule has 0 aliphatic carbocycles. The molecule has 4 heteroatoms. The fraction of sp³-hybridized carbons (Fsp3) is 0.389. The van der Waals surface area contributed by atoms with Crippen molar-refractivity contribution in [2.45, 2.75) is 33.4 Å². The lowest BCUT2D eigenvalue weighted by molar-refractivity contribution is 0.0599. The Morgan fingerprint density at radius 3 is 2.50 bits per heavy atom. The van der Waals surface area contributed by atoms with Crippen molar-refractivity contribution in [1.29, 1.82) is 0 Å². The molecular weight excluding hydrogens is 278 g/mol. The summed E-state index contributed by atoms with van der Waals surface area (Å²) in [7, 11) is 3.42. The van der Waals surface area contributed by atoms with Crippen LogP contribution in [0.5, 0.6) is 0 Å². The summed E-state index contributed by atoms with van der Waals surface area (Å²) >= 11 is 0. The molecule has 0 fully saturated rings. The van der Waals surface area contributed by atoms with Crippen molar-refractivity contribution in [3.05, 3.63) is 58.5 Å². The molecule has 2 rings (SSSR count). The predicted octanol–water partition coefficient (Wildman–Crippen LogP) is 3.88. The van der Waals surface area contributed by atoms with Crippen LogP contribution in [-0.2, 0) is 11.3 Å². The molecule has 0 bridgehead atoms. The topological polar surface area (TPSA) is 42.7 Å². The zero-order valence-electron chi connectivity index (χ0n) is 13.8. The Bertz CT molecular complexity index is 643. The van der Waals surface area contributed by atoms with E-state index in [0.717, 1.165) is 5.76 Å². The van der Waals surface area contributed by atoms with Gasteiger partial charge in [0.2, 0.25) is 0 Å². The van der Waals surface area contributed by atoms with Crippen LogP contribution in [0, 0.1) is 13.8 Å². The van der Waals surface area contributed by atoms with Gasteiger partial charge in [0.1, 0.15) is 17.1 Å². The lowest BCUT2D eigenvalue weighted by Gasteiger charge is -2.24. The summed E-state index contributed by atoms with van der Waals surface area (Å²) in [6, 6.07) is 10.5. The van der Waals surface area contributed by atoms with Gasteiger partial charge in [0.25, 0.3) is 0 Å². The van der Waals surface area contributed by atoms with Crippen LogP contribution in [-0.4, -0.2) is 25.0 Å². The van der Waals surface area contributed by atoms with Gasteiger partial charge in [-0.2, -0.15) is 0 Å². The highest BCUT2D eigenvalue weighted by molar-refractivity contribution is 5.90. The van der Waals surface area contributed by atoms with Gasteiger partial charge >= 0.3 is 5.97 Å². The molecule has 1 aromatic heterocycles. The van der Waals surface area contributed by atoms with Crippen LogP contribution in [0.3, 0.4) is 0 Å². The molecule has 0 aliphatic rings. The largest absolute Gasteiger partial charge is 0.465 e. The maximum atomic E-state index is 11.6. The Morgan fingerprint density at radius 2 is 1.91 bits per heavy atom. The Labute approximate surface area is 131 Å². The smallest absolute Gasteiger partial charge is 0.341 e. The van der Waals surface area contributed by atoms with Gasteiger partial charge in [0.15, 0.2) is 0 Å². The second kappa shape index (κ2) is 6.79. The molecule has 0 aliphatic heterocycles. The maximum absolute atomic E-state index is 11.6. The fourth-order valence-corrected chi connectivity index (χ4v) is 2.42. The van der Waals surface area contributed by atoms with E-state index in [1.54, 1.807) is 13.0 Å². The number of nitrogens with zero attached hydrogens (tertiary/aromatic N) is 1. The molecule has 2 aromatic rings. The molecule has 4 nitrogen and oxygen atoms in total. The number of hydrogen-bond donors (Lipinski definition) is 0. The zero-order valence-corrected chi connectivity index (χ0v) is 13.8. The van der Waals surface area contributed by atoms with Gasteiger partial charge in [-0.3, -0.25) is 4.90 Å². The molecule has 0 amide bonds. The molecule has 0 spiro atoms. The highest BCUT2D eigenvalue weighted by Gasteiger charge is 2.18. The molecule has 0 saturated carbocycles. The number of rotatable bonds is 5. The third-order valence-electron chi connectivity index (χ3n) is 4.00. The quantitative estimate of drug-likeness (QED) is 0.786. The molecule has 22 heavy (non-hydrogen) atoms. The number of methoxy groups -OCH3 is 1. The van der Waals surface area contributed by atoms with E-state index in [1.165, 1.54) is 18.2 Å². The number of carbonyl (C=O) groups excluding carboxylic acids is 1. The first-order valence-corrected chi connectivity index (χ1v) is 7.36. The van der Waals surface area contributed by atoms with Gasteiger partial charge < -0.3 is 9.15 Å². The van der Waals surface area contributed by atoms with Gasteiger partial charge in [0, 0.05) is 6.04 Å². The SMILES string of the molecule is COC(=O)c1cc(CN(C)C(C)c2ccc(C)cc2)oc1C. The first-order chi connectivity index (χ1) is 10.4. The van der Waals surface area contributed by atoms with E-state index < -0.39 is 0 Å². The van der Waals surface area contributed by atoms with Crippen molar-refractivity contribution in [3.8, 4) is 0 Å². The normalized spacial score (nSPS) is 12.5. The number of aryl methyl sites for hydroxylation is 2. The highest BCUT2D eigenvalue weighted by atomic mass is 16.5. The molecule has 0 radical (unpaired) electrons. The van der Waals surface area contributed by atoms with Crippen molar-refractivity contribution >= 4 is 5.97 Å². The first-order valence-electron chi connectivity index (χ1n) is 7.36. The Hall–Kier alpha value is -2.07. The molecule has 1 heterocycles. The average molecular weight is 301 g/mol. The minimum absolute atomic E-state index is 0.257. The highest BCUT2D eigenvalue weighted by Crippen LogP contribution is 2.23. The summed E-state index contributed by atoms with van der Waals surface area (Å²) in [6.07, 6.45) is 0. The van der Waals surface area contributed by atoms with Crippen molar-refractivity contribution in [1.82, 2.24) is 4.90 Å². The van der Waals surface area contributed by atoms with Crippen molar-refractivity contribution in [2.75, 3.05) is 14.2 Å². The summed E-state index contributed by atoms with van der Waals surface area (Å²) < 4.78 is 10.4. The summed E-state index contributed by atoms with van der Waals surface area (Å²) in [5, 5.41) is 0. The van der Waals surface area contributed by atoms with E-state index in [4.69, 9.17) is 9.15 Å². The third kappa shape index (κ3) is 3.57. The molecular formula is C18H23NO3. The van der Waals surface area contributed by atoms with E-state index in [-0.39, 0.29) is 12.0 Å².